The number of nitrogens with zero attached hydrogens (tertiary/aromatic N) is 2. The highest BCUT2D eigenvalue weighted by molar-refractivity contribution is 5.38. The Labute approximate surface area is 94.7 Å². The molecular formula is C10H9F2N3O2. The number of aromatic amines is 1. The minimum Gasteiger partial charge on any atom is -0.497 e. The first-order valence-corrected chi connectivity index (χ1v) is 4.73. The normalized spacial score (nSPS) is 10.8. The number of aromatic nitrogens is 3. The maximum Gasteiger partial charge on any atom is 0.348 e. The summed E-state index contributed by atoms with van der Waals surface area (Å²) in [5.74, 6) is -0.0379. The standard InChI is InChI=1S/C10H9F2N3O2/c1-17-7-4-2-6(3-5-7)15-9(8(11)12)13-14-10(15)16/h2-5,8H,1H3,(H,14,16). The van der Waals surface area contributed by atoms with Crippen molar-refractivity contribution in [3.05, 3.63) is 40.6 Å². The van der Waals surface area contributed by atoms with Gasteiger partial charge in [0.15, 0.2) is 0 Å². The number of hydrogen-bond acceptors (Lipinski definition) is 3. The van der Waals surface area contributed by atoms with Gasteiger partial charge in [0.2, 0.25) is 5.82 Å². The number of methoxy groups -OCH3 is 1. The van der Waals surface area contributed by atoms with Crippen LogP contribution in [0.25, 0.3) is 5.69 Å². The minimum atomic E-state index is -2.82. The van der Waals surface area contributed by atoms with Crippen LogP contribution in [0.5, 0.6) is 5.75 Å². The van der Waals surface area contributed by atoms with Crippen LogP contribution in [0.4, 0.5) is 8.78 Å². The summed E-state index contributed by atoms with van der Waals surface area (Å²) in [6.07, 6.45) is -2.82. The summed E-state index contributed by atoms with van der Waals surface area (Å²) in [6.45, 7) is 0. The van der Waals surface area contributed by atoms with Crippen molar-refractivity contribution >= 4 is 0 Å². The molecular weight excluding hydrogens is 232 g/mol. The number of halogens is 2. The molecule has 1 heterocycles. The third-order valence-electron chi connectivity index (χ3n) is 2.22. The third kappa shape index (κ3) is 2.03. The smallest absolute Gasteiger partial charge is 0.348 e. The van der Waals surface area contributed by atoms with Crippen molar-refractivity contribution in [2.75, 3.05) is 7.11 Å². The minimum absolute atomic E-state index is 0.305. The Kier molecular flexibility index (Phi) is 2.90. The van der Waals surface area contributed by atoms with E-state index in [0.29, 0.717) is 11.4 Å². The quantitative estimate of drug-likeness (QED) is 0.885. The van der Waals surface area contributed by atoms with Gasteiger partial charge in [0, 0.05) is 0 Å². The van der Waals surface area contributed by atoms with Crippen molar-refractivity contribution in [2.24, 2.45) is 0 Å². The van der Waals surface area contributed by atoms with Gasteiger partial charge in [-0.05, 0) is 24.3 Å². The van der Waals surface area contributed by atoms with Crippen molar-refractivity contribution in [1.29, 1.82) is 0 Å². The first-order valence-electron chi connectivity index (χ1n) is 4.73. The Morgan fingerprint density at radius 2 is 2.00 bits per heavy atom. The summed E-state index contributed by atoms with van der Waals surface area (Å²) in [5, 5.41) is 5.27. The average Bonchev–Trinajstić information content (AvgIpc) is 2.71. The highest BCUT2D eigenvalue weighted by Gasteiger charge is 2.18. The Balaban J connectivity index is 2.51. The van der Waals surface area contributed by atoms with E-state index in [9.17, 15) is 13.6 Å². The van der Waals surface area contributed by atoms with Crippen molar-refractivity contribution in [2.45, 2.75) is 6.43 Å². The maximum absolute atomic E-state index is 12.6. The molecule has 0 saturated carbocycles. The highest BCUT2D eigenvalue weighted by atomic mass is 19.3. The van der Waals surface area contributed by atoms with E-state index < -0.39 is 17.9 Å². The zero-order valence-electron chi connectivity index (χ0n) is 8.85. The molecule has 0 aliphatic heterocycles. The summed E-state index contributed by atoms with van der Waals surface area (Å²) in [5.41, 5.74) is -0.398. The van der Waals surface area contributed by atoms with Crippen LogP contribution >= 0.6 is 0 Å². The summed E-state index contributed by atoms with van der Waals surface area (Å²) in [7, 11) is 1.49. The lowest BCUT2D eigenvalue weighted by Crippen LogP contribution is -2.17. The van der Waals surface area contributed by atoms with E-state index in [2.05, 4.69) is 5.10 Å². The topological polar surface area (TPSA) is 59.9 Å². The predicted molar refractivity (Wildman–Crippen MR) is 55.7 cm³/mol. The molecule has 0 aliphatic rings. The number of ether oxygens (including phenoxy) is 1. The van der Waals surface area contributed by atoms with Crippen LogP contribution in [0.15, 0.2) is 29.1 Å². The summed E-state index contributed by atoms with van der Waals surface area (Å²) in [6, 6.07) is 6.15. The second kappa shape index (κ2) is 4.36. The van der Waals surface area contributed by atoms with E-state index >= 15 is 0 Å². The van der Waals surface area contributed by atoms with Gasteiger partial charge in [-0.3, -0.25) is 0 Å². The number of alkyl halides is 2. The van der Waals surface area contributed by atoms with E-state index in [1.807, 2.05) is 5.10 Å². The fourth-order valence-electron chi connectivity index (χ4n) is 1.44. The van der Waals surface area contributed by atoms with E-state index in [1.54, 1.807) is 12.1 Å². The Bertz CT molecular complexity index is 560. The monoisotopic (exact) mass is 241 g/mol. The molecule has 90 valence electrons. The van der Waals surface area contributed by atoms with Crippen molar-refractivity contribution in [3.63, 3.8) is 0 Å². The zero-order valence-corrected chi connectivity index (χ0v) is 8.85. The fraction of sp³-hybridized carbons (Fsp3) is 0.200. The van der Waals surface area contributed by atoms with Crippen molar-refractivity contribution in [1.82, 2.24) is 14.8 Å². The largest absolute Gasteiger partial charge is 0.497 e. The van der Waals surface area contributed by atoms with Crippen LogP contribution in [0.3, 0.4) is 0 Å². The molecule has 1 aromatic carbocycles. The molecule has 0 unspecified atom stereocenters. The molecule has 7 heteroatoms. The number of hydrogen-bond donors (Lipinski definition) is 1. The molecule has 2 rings (SSSR count). The lowest BCUT2D eigenvalue weighted by molar-refractivity contribution is 0.138. The van der Waals surface area contributed by atoms with Gasteiger partial charge in [-0.1, -0.05) is 0 Å². The molecule has 0 fully saturated rings. The van der Waals surface area contributed by atoms with Crippen LogP contribution in [0, 0.1) is 0 Å². The van der Waals surface area contributed by atoms with E-state index in [-0.39, 0.29) is 0 Å². The molecule has 1 aromatic heterocycles. The van der Waals surface area contributed by atoms with Gasteiger partial charge in [0.1, 0.15) is 5.75 Å². The summed E-state index contributed by atoms with van der Waals surface area (Å²) < 4.78 is 31.0. The zero-order chi connectivity index (χ0) is 12.4. The average molecular weight is 241 g/mol. The van der Waals surface area contributed by atoms with Gasteiger partial charge < -0.3 is 4.74 Å². The molecule has 0 aliphatic carbocycles. The molecule has 0 spiro atoms. The van der Waals surface area contributed by atoms with Crippen LogP contribution in [0.2, 0.25) is 0 Å². The summed E-state index contributed by atoms with van der Waals surface area (Å²) >= 11 is 0. The predicted octanol–water partition coefficient (Wildman–Crippen LogP) is 1.51. The summed E-state index contributed by atoms with van der Waals surface area (Å²) in [4.78, 5) is 11.4. The SMILES string of the molecule is COc1ccc(-n2c(C(F)F)n[nH]c2=O)cc1. The van der Waals surface area contributed by atoms with Gasteiger partial charge in [-0.25, -0.2) is 23.2 Å². The van der Waals surface area contributed by atoms with Gasteiger partial charge in [-0.15, -0.1) is 0 Å². The molecule has 5 nitrogen and oxygen atoms in total. The Morgan fingerprint density at radius 1 is 1.35 bits per heavy atom. The van der Waals surface area contributed by atoms with Crippen LogP contribution in [-0.2, 0) is 0 Å². The number of rotatable bonds is 3. The van der Waals surface area contributed by atoms with E-state index in [0.717, 1.165) is 4.57 Å². The highest BCUT2D eigenvalue weighted by Crippen LogP contribution is 2.19. The van der Waals surface area contributed by atoms with E-state index in [4.69, 9.17) is 4.74 Å². The molecule has 2 aromatic rings. The van der Waals surface area contributed by atoms with Gasteiger partial charge in [0.05, 0.1) is 12.8 Å². The second-order valence-electron chi connectivity index (χ2n) is 3.22. The van der Waals surface area contributed by atoms with Crippen LogP contribution in [-0.4, -0.2) is 21.9 Å². The van der Waals surface area contributed by atoms with Gasteiger partial charge in [-0.2, -0.15) is 5.10 Å². The lowest BCUT2D eigenvalue weighted by atomic mass is 10.3. The van der Waals surface area contributed by atoms with Crippen molar-refractivity contribution in [3.8, 4) is 11.4 Å². The van der Waals surface area contributed by atoms with Crippen molar-refractivity contribution < 1.29 is 13.5 Å². The Hall–Kier alpha value is -2.18. The molecule has 1 N–H and O–H groups in total. The molecule has 17 heavy (non-hydrogen) atoms. The number of H-pyrrole nitrogens is 1. The second-order valence-corrected chi connectivity index (χ2v) is 3.22. The Morgan fingerprint density at radius 3 is 2.53 bits per heavy atom. The molecule has 0 radical (unpaired) electrons. The fourth-order valence-corrected chi connectivity index (χ4v) is 1.44. The van der Waals surface area contributed by atoms with Crippen LogP contribution < -0.4 is 10.4 Å². The van der Waals surface area contributed by atoms with Gasteiger partial charge >= 0.3 is 5.69 Å². The third-order valence-corrected chi connectivity index (χ3v) is 2.22. The lowest BCUT2D eigenvalue weighted by Gasteiger charge is -2.05. The van der Waals surface area contributed by atoms with E-state index in [1.165, 1.54) is 19.2 Å². The molecule has 0 saturated heterocycles. The number of benzene rings is 1. The molecule has 0 atom stereocenters. The maximum atomic E-state index is 12.6. The molecule has 0 bridgehead atoms. The molecule has 0 amide bonds. The first-order chi connectivity index (χ1) is 8.13. The first kappa shape index (κ1) is 11.3. The number of nitrogens with one attached hydrogen (secondary N) is 1. The van der Waals surface area contributed by atoms with Crippen LogP contribution in [0.1, 0.15) is 12.2 Å². The van der Waals surface area contributed by atoms with Gasteiger partial charge in [0.25, 0.3) is 6.43 Å².